The van der Waals surface area contributed by atoms with Crippen molar-refractivity contribution in [2.75, 3.05) is 6.61 Å². The first kappa shape index (κ1) is 16.8. The van der Waals surface area contributed by atoms with Gasteiger partial charge in [-0.15, -0.1) is 0 Å². The number of rotatable bonds is 5. The fourth-order valence-corrected chi connectivity index (χ4v) is 1.91. The summed E-state index contributed by atoms with van der Waals surface area (Å²) in [5.74, 6) is -0.775. The van der Waals surface area contributed by atoms with Gasteiger partial charge in [-0.05, 0) is 25.0 Å². The molecule has 0 aliphatic rings. The normalized spacial score (nSPS) is 12.1. The molecule has 1 atom stereocenters. The van der Waals surface area contributed by atoms with Gasteiger partial charge >= 0.3 is 5.97 Å². The van der Waals surface area contributed by atoms with Gasteiger partial charge in [0, 0.05) is 6.04 Å². The van der Waals surface area contributed by atoms with Crippen LogP contribution in [0.15, 0.2) is 18.2 Å². The summed E-state index contributed by atoms with van der Waals surface area (Å²) < 4.78 is 4.91. The highest BCUT2D eigenvalue weighted by atomic mass is 35.5. The third-order valence-electron chi connectivity index (χ3n) is 2.89. The average Bonchev–Trinajstić information content (AvgIpc) is 2.36. The Morgan fingerprint density at radius 3 is 2.25 bits per heavy atom. The molecule has 6 heteroatoms. The van der Waals surface area contributed by atoms with Crippen molar-refractivity contribution in [3.63, 3.8) is 0 Å². The second-order valence-corrected chi connectivity index (χ2v) is 5.59. The second kappa shape index (κ2) is 7.50. The molecule has 4 nitrogen and oxygen atoms in total. The van der Waals surface area contributed by atoms with Crippen LogP contribution in [0.2, 0.25) is 10.0 Å². The minimum absolute atomic E-state index is 0.00473. The number of carbonyl (C=O) groups is 2. The summed E-state index contributed by atoms with van der Waals surface area (Å²) in [6.07, 6.45) is 0. The number of hydrogen-bond donors (Lipinski definition) is 1. The Balaban J connectivity index is 2.58. The molecule has 0 bridgehead atoms. The Labute approximate surface area is 128 Å². The van der Waals surface area contributed by atoms with Gasteiger partial charge in [-0.25, -0.2) is 4.79 Å². The van der Waals surface area contributed by atoms with Gasteiger partial charge in [-0.3, -0.25) is 4.79 Å². The van der Waals surface area contributed by atoms with E-state index in [0.29, 0.717) is 5.92 Å². The van der Waals surface area contributed by atoms with Crippen molar-refractivity contribution in [3.8, 4) is 0 Å². The lowest BCUT2D eigenvalue weighted by atomic mass is 10.1. The number of amides is 1. The monoisotopic (exact) mass is 317 g/mol. The predicted octanol–water partition coefficient (Wildman–Crippen LogP) is 3.31. The molecule has 110 valence electrons. The smallest absolute Gasteiger partial charge is 0.341 e. The number of halogens is 2. The van der Waals surface area contributed by atoms with Crippen LogP contribution in [0.5, 0.6) is 0 Å². The summed E-state index contributed by atoms with van der Waals surface area (Å²) in [7, 11) is 0. The van der Waals surface area contributed by atoms with Crippen LogP contribution in [0.3, 0.4) is 0 Å². The number of esters is 1. The average molecular weight is 318 g/mol. The quantitative estimate of drug-likeness (QED) is 0.848. The van der Waals surface area contributed by atoms with Crippen molar-refractivity contribution in [2.45, 2.75) is 26.8 Å². The molecule has 1 aromatic carbocycles. The fourth-order valence-electron chi connectivity index (χ4n) is 1.36. The largest absolute Gasteiger partial charge is 0.452 e. The van der Waals surface area contributed by atoms with E-state index in [1.54, 1.807) is 6.07 Å². The van der Waals surface area contributed by atoms with Crippen LogP contribution in [0, 0.1) is 5.92 Å². The molecular formula is C14H17Cl2NO3. The molecule has 0 aliphatic heterocycles. The SMILES string of the molecule is CC(C)[C@H](C)NC(=O)COC(=O)c1c(Cl)cccc1Cl. The predicted molar refractivity (Wildman–Crippen MR) is 79.2 cm³/mol. The first-order chi connectivity index (χ1) is 9.32. The van der Waals surface area contributed by atoms with Crippen LogP contribution in [0.4, 0.5) is 0 Å². The lowest BCUT2D eigenvalue weighted by Gasteiger charge is -2.17. The van der Waals surface area contributed by atoms with Gasteiger partial charge in [0.25, 0.3) is 5.91 Å². The molecule has 0 aromatic heterocycles. The van der Waals surface area contributed by atoms with Crippen molar-refractivity contribution < 1.29 is 14.3 Å². The van der Waals surface area contributed by atoms with Crippen molar-refractivity contribution in [1.82, 2.24) is 5.32 Å². The van der Waals surface area contributed by atoms with Gasteiger partial charge in [0.15, 0.2) is 6.61 Å². The summed E-state index contributed by atoms with van der Waals surface area (Å²) in [5.41, 5.74) is 0.0699. The molecular weight excluding hydrogens is 301 g/mol. The summed E-state index contributed by atoms with van der Waals surface area (Å²) in [6, 6.07) is 4.69. The highest BCUT2D eigenvalue weighted by Gasteiger charge is 2.18. The summed E-state index contributed by atoms with van der Waals surface area (Å²) in [4.78, 5) is 23.4. The zero-order chi connectivity index (χ0) is 15.3. The minimum atomic E-state index is -0.715. The van der Waals surface area contributed by atoms with E-state index in [-0.39, 0.29) is 34.2 Å². The zero-order valence-electron chi connectivity index (χ0n) is 11.6. The molecule has 1 amide bonds. The summed E-state index contributed by atoms with van der Waals surface area (Å²) in [6.45, 7) is 5.49. The Morgan fingerprint density at radius 1 is 1.20 bits per heavy atom. The van der Waals surface area contributed by atoms with E-state index in [0.717, 1.165) is 0 Å². The standard InChI is InChI=1S/C14H17Cl2NO3/c1-8(2)9(3)17-12(18)7-20-14(19)13-10(15)5-4-6-11(13)16/h4-6,8-9H,7H2,1-3H3,(H,17,18)/t9-/m0/s1. The molecule has 0 aliphatic carbocycles. The number of benzene rings is 1. The maximum Gasteiger partial charge on any atom is 0.341 e. The van der Waals surface area contributed by atoms with Gasteiger partial charge in [0.2, 0.25) is 0 Å². The maximum absolute atomic E-state index is 11.8. The van der Waals surface area contributed by atoms with Crippen LogP contribution < -0.4 is 5.32 Å². The molecule has 0 saturated carbocycles. The van der Waals surface area contributed by atoms with Gasteiger partial charge in [-0.2, -0.15) is 0 Å². The topological polar surface area (TPSA) is 55.4 Å². The molecule has 0 fully saturated rings. The van der Waals surface area contributed by atoms with E-state index in [4.69, 9.17) is 27.9 Å². The molecule has 1 aromatic rings. The van der Waals surface area contributed by atoms with Crippen molar-refractivity contribution in [1.29, 1.82) is 0 Å². The van der Waals surface area contributed by atoms with Crippen molar-refractivity contribution in [2.24, 2.45) is 5.92 Å². The lowest BCUT2D eigenvalue weighted by Crippen LogP contribution is -2.38. The molecule has 1 N–H and O–H groups in total. The Morgan fingerprint density at radius 2 is 1.75 bits per heavy atom. The summed E-state index contributed by atoms with van der Waals surface area (Å²) in [5, 5.41) is 3.12. The molecule has 1 rings (SSSR count). The third-order valence-corrected chi connectivity index (χ3v) is 3.52. The number of ether oxygens (including phenoxy) is 1. The van der Waals surface area contributed by atoms with Gasteiger partial charge in [-0.1, -0.05) is 43.1 Å². The molecule has 0 radical (unpaired) electrons. The van der Waals surface area contributed by atoms with E-state index >= 15 is 0 Å². The fraction of sp³-hybridized carbons (Fsp3) is 0.429. The summed E-state index contributed by atoms with van der Waals surface area (Å²) >= 11 is 11.8. The molecule has 0 spiro atoms. The highest BCUT2D eigenvalue weighted by Crippen LogP contribution is 2.24. The Bertz CT molecular complexity index is 483. The minimum Gasteiger partial charge on any atom is -0.452 e. The second-order valence-electron chi connectivity index (χ2n) is 4.77. The van der Waals surface area contributed by atoms with Crippen LogP contribution >= 0.6 is 23.2 Å². The van der Waals surface area contributed by atoms with E-state index in [1.807, 2.05) is 20.8 Å². The van der Waals surface area contributed by atoms with Gasteiger partial charge in [0.05, 0.1) is 15.6 Å². The molecule has 0 heterocycles. The van der Waals surface area contributed by atoms with Gasteiger partial charge < -0.3 is 10.1 Å². The van der Waals surface area contributed by atoms with Crippen LogP contribution in [0.1, 0.15) is 31.1 Å². The lowest BCUT2D eigenvalue weighted by molar-refractivity contribution is -0.125. The first-order valence-corrected chi connectivity index (χ1v) is 6.99. The molecule has 0 saturated heterocycles. The van der Waals surface area contributed by atoms with Crippen LogP contribution in [-0.4, -0.2) is 24.5 Å². The van der Waals surface area contributed by atoms with E-state index < -0.39 is 5.97 Å². The van der Waals surface area contributed by atoms with E-state index in [9.17, 15) is 9.59 Å². The first-order valence-electron chi connectivity index (χ1n) is 6.23. The van der Waals surface area contributed by atoms with E-state index in [2.05, 4.69) is 5.32 Å². The number of nitrogens with one attached hydrogen (secondary N) is 1. The Hall–Kier alpha value is -1.26. The molecule has 20 heavy (non-hydrogen) atoms. The van der Waals surface area contributed by atoms with Gasteiger partial charge in [0.1, 0.15) is 0 Å². The zero-order valence-corrected chi connectivity index (χ0v) is 13.1. The Kier molecular flexibility index (Phi) is 6.30. The number of carbonyl (C=O) groups excluding carboxylic acids is 2. The van der Waals surface area contributed by atoms with Crippen molar-refractivity contribution >= 4 is 35.1 Å². The van der Waals surface area contributed by atoms with Crippen LogP contribution in [-0.2, 0) is 9.53 Å². The van der Waals surface area contributed by atoms with Crippen molar-refractivity contribution in [3.05, 3.63) is 33.8 Å². The van der Waals surface area contributed by atoms with Crippen LogP contribution in [0.25, 0.3) is 0 Å². The highest BCUT2D eigenvalue weighted by molar-refractivity contribution is 6.39. The van der Waals surface area contributed by atoms with E-state index in [1.165, 1.54) is 12.1 Å². The number of hydrogen-bond acceptors (Lipinski definition) is 3. The third kappa shape index (κ3) is 4.69. The maximum atomic E-state index is 11.8. The molecule has 0 unspecified atom stereocenters.